The number of rotatable bonds is 7. The molecule has 0 fully saturated rings. The predicted octanol–water partition coefficient (Wildman–Crippen LogP) is 5.89. The molecule has 0 aliphatic carbocycles. The Morgan fingerprint density at radius 3 is 2.65 bits per heavy atom. The van der Waals surface area contributed by atoms with Crippen LogP contribution in [0.5, 0.6) is 0 Å². The van der Waals surface area contributed by atoms with Crippen LogP contribution >= 0.6 is 0 Å². The molecule has 0 amide bonds. The number of carbonyl (C=O) groups excluding carboxylic acids is 1. The lowest BCUT2D eigenvalue weighted by Gasteiger charge is -2.06. The number of H-pyrrole nitrogens is 2. The Morgan fingerprint density at radius 2 is 1.74 bits per heavy atom. The summed E-state index contributed by atoms with van der Waals surface area (Å²) in [5.74, 6) is -0.332. The Balaban J connectivity index is 1.19. The smallest absolute Gasteiger partial charge is 0.339 e. The normalized spacial score (nSPS) is 11.2. The van der Waals surface area contributed by atoms with Crippen LogP contribution in [0.4, 0.5) is 0 Å². The quantitative estimate of drug-likeness (QED) is 0.260. The van der Waals surface area contributed by atoms with E-state index in [4.69, 9.17) is 4.74 Å². The van der Waals surface area contributed by atoms with Crippen molar-refractivity contribution >= 4 is 27.9 Å². The highest BCUT2D eigenvalue weighted by Crippen LogP contribution is 2.28. The molecule has 5 aromatic rings. The molecule has 0 radical (unpaired) electrons. The third-order valence-corrected chi connectivity index (χ3v) is 5.60. The third-order valence-electron chi connectivity index (χ3n) is 5.60. The highest BCUT2D eigenvalue weighted by molar-refractivity contribution is 5.99. The van der Waals surface area contributed by atoms with Crippen molar-refractivity contribution < 1.29 is 9.53 Å². The van der Waals surface area contributed by atoms with E-state index in [9.17, 15) is 4.79 Å². The molecule has 5 heteroatoms. The van der Waals surface area contributed by atoms with Crippen LogP contribution in [-0.4, -0.2) is 27.5 Å². The SMILES string of the molecule is O=C(OCCCCc1c[nH]c2ccccc12)c1cnc2[nH]cc(-c3ccccc3)c2c1. The number of hydrogen-bond acceptors (Lipinski definition) is 3. The van der Waals surface area contributed by atoms with Crippen molar-refractivity contribution in [3.05, 3.63) is 90.4 Å². The summed E-state index contributed by atoms with van der Waals surface area (Å²) in [4.78, 5) is 23.4. The summed E-state index contributed by atoms with van der Waals surface area (Å²) >= 11 is 0. The summed E-state index contributed by atoms with van der Waals surface area (Å²) in [6.45, 7) is 0.401. The number of para-hydroxylation sites is 1. The van der Waals surface area contributed by atoms with Crippen molar-refractivity contribution in [1.29, 1.82) is 0 Å². The predicted molar refractivity (Wildman–Crippen MR) is 123 cm³/mol. The van der Waals surface area contributed by atoms with Crippen molar-refractivity contribution in [3.63, 3.8) is 0 Å². The molecule has 0 unspecified atom stereocenters. The molecule has 0 spiro atoms. The fourth-order valence-corrected chi connectivity index (χ4v) is 3.98. The number of hydrogen-bond donors (Lipinski definition) is 2. The molecule has 0 aliphatic heterocycles. The Bertz CT molecular complexity index is 1330. The Labute approximate surface area is 180 Å². The molecule has 31 heavy (non-hydrogen) atoms. The van der Waals surface area contributed by atoms with Crippen LogP contribution in [-0.2, 0) is 11.2 Å². The van der Waals surface area contributed by atoms with Gasteiger partial charge in [0, 0.05) is 40.4 Å². The second-order valence-electron chi connectivity index (χ2n) is 7.64. The number of esters is 1. The molecule has 2 aromatic carbocycles. The van der Waals surface area contributed by atoms with Crippen molar-refractivity contribution in [3.8, 4) is 11.1 Å². The van der Waals surface area contributed by atoms with Gasteiger partial charge in [0.15, 0.2) is 0 Å². The minimum atomic E-state index is -0.332. The van der Waals surface area contributed by atoms with Crippen LogP contribution in [0, 0.1) is 0 Å². The van der Waals surface area contributed by atoms with Crippen LogP contribution in [0.15, 0.2) is 79.3 Å². The van der Waals surface area contributed by atoms with E-state index < -0.39 is 0 Å². The average molecular weight is 409 g/mol. The van der Waals surface area contributed by atoms with Gasteiger partial charge >= 0.3 is 5.97 Å². The molecule has 0 aliphatic rings. The van der Waals surface area contributed by atoms with E-state index in [0.717, 1.165) is 46.9 Å². The monoisotopic (exact) mass is 409 g/mol. The lowest BCUT2D eigenvalue weighted by atomic mass is 10.1. The number of ether oxygens (including phenoxy) is 1. The first kappa shape index (κ1) is 19.1. The molecule has 0 bridgehead atoms. The largest absolute Gasteiger partial charge is 0.462 e. The number of nitrogens with one attached hydrogen (secondary N) is 2. The van der Waals surface area contributed by atoms with Crippen LogP contribution in [0.2, 0.25) is 0 Å². The number of unbranched alkanes of at least 4 members (excludes halogenated alkanes) is 1. The highest BCUT2D eigenvalue weighted by Gasteiger charge is 2.13. The molecular weight excluding hydrogens is 386 g/mol. The van der Waals surface area contributed by atoms with E-state index in [1.54, 1.807) is 6.20 Å². The fourth-order valence-electron chi connectivity index (χ4n) is 3.98. The zero-order valence-corrected chi connectivity index (χ0v) is 17.1. The van der Waals surface area contributed by atoms with E-state index in [1.165, 1.54) is 10.9 Å². The van der Waals surface area contributed by atoms with Crippen molar-refractivity contribution in [2.45, 2.75) is 19.3 Å². The number of aromatic amines is 2. The van der Waals surface area contributed by atoms with Gasteiger partial charge in [-0.2, -0.15) is 0 Å². The minimum Gasteiger partial charge on any atom is -0.462 e. The summed E-state index contributed by atoms with van der Waals surface area (Å²) in [7, 11) is 0. The molecule has 5 rings (SSSR count). The number of pyridine rings is 1. The van der Waals surface area contributed by atoms with Gasteiger partial charge in [0.25, 0.3) is 0 Å². The van der Waals surface area contributed by atoms with Gasteiger partial charge in [-0.25, -0.2) is 9.78 Å². The number of nitrogens with zero attached hydrogens (tertiary/aromatic N) is 1. The van der Waals surface area contributed by atoms with Gasteiger partial charge < -0.3 is 14.7 Å². The molecule has 0 saturated heterocycles. The summed E-state index contributed by atoms with van der Waals surface area (Å²) in [6, 6.07) is 20.2. The van der Waals surface area contributed by atoms with Gasteiger partial charge in [0.1, 0.15) is 5.65 Å². The van der Waals surface area contributed by atoms with Gasteiger partial charge in [0.05, 0.1) is 12.2 Å². The number of carbonyl (C=O) groups is 1. The maximum Gasteiger partial charge on any atom is 0.339 e. The topological polar surface area (TPSA) is 70.8 Å². The molecular formula is C26H23N3O2. The summed E-state index contributed by atoms with van der Waals surface area (Å²) in [6.07, 6.45) is 8.30. The van der Waals surface area contributed by atoms with E-state index in [2.05, 4.69) is 39.3 Å². The first-order chi connectivity index (χ1) is 15.3. The van der Waals surface area contributed by atoms with Gasteiger partial charge in [0.2, 0.25) is 0 Å². The van der Waals surface area contributed by atoms with E-state index >= 15 is 0 Å². The zero-order valence-electron chi connectivity index (χ0n) is 17.1. The van der Waals surface area contributed by atoms with Gasteiger partial charge in [-0.15, -0.1) is 0 Å². The van der Waals surface area contributed by atoms with Crippen molar-refractivity contribution in [2.24, 2.45) is 0 Å². The molecule has 2 N–H and O–H groups in total. The third kappa shape index (κ3) is 3.94. The molecule has 3 aromatic heterocycles. The number of aryl methyl sites for hydroxylation is 1. The van der Waals surface area contributed by atoms with E-state index in [1.807, 2.05) is 48.7 Å². The van der Waals surface area contributed by atoms with Crippen molar-refractivity contribution in [2.75, 3.05) is 6.61 Å². The number of fused-ring (bicyclic) bond motifs is 2. The molecule has 0 atom stereocenters. The Morgan fingerprint density at radius 1 is 0.903 bits per heavy atom. The maximum absolute atomic E-state index is 12.5. The summed E-state index contributed by atoms with van der Waals surface area (Å²) in [5.41, 5.74) is 5.80. The molecule has 154 valence electrons. The molecule has 5 nitrogen and oxygen atoms in total. The first-order valence-corrected chi connectivity index (χ1v) is 10.5. The number of aromatic nitrogens is 3. The van der Waals surface area contributed by atoms with Crippen LogP contribution < -0.4 is 0 Å². The summed E-state index contributed by atoms with van der Waals surface area (Å²) < 4.78 is 5.51. The van der Waals surface area contributed by atoms with Crippen LogP contribution in [0.3, 0.4) is 0 Å². The van der Waals surface area contributed by atoms with Crippen molar-refractivity contribution in [1.82, 2.24) is 15.0 Å². The van der Waals surface area contributed by atoms with E-state index in [0.29, 0.717) is 12.2 Å². The number of benzene rings is 2. The van der Waals surface area contributed by atoms with Gasteiger partial charge in [-0.1, -0.05) is 48.5 Å². The lowest BCUT2D eigenvalue weighted by Crippen LogP contribution is -2.07. The fraction of sp³-hybridized carbons (Fsp3) is 0.154. The Kier molecular flexibility index (Phi) is 5.23. The average Bonchev–Trinajstić information content (AvgIpc) is 3.43. The lowest BCUT2D eigenvalue weighted by molar-refractivity contribution is 0.0498. The van der Waals surface area contributed by atoms with Gasteiger partial charge in [-0.3, -0.25) is 0 Å². The maximum atomic E-state index is 12.5. The highest BCUT2D eigenvalue weighted by atomic mass is 16.5. The molecule has 0 saturated carbocycles. The van der Waals surface area contributed by atoms with Gasteiger partial charge in [-0.05, 0) is 42.5 Å². The second kappa shape index (κ2) is 8.48. The molecule has 3 heterocycles. The Hall–Kier alpha value is -3.86. The zero-order chi connectivity index (χ0) is 21.0. The standard InChI is InChI=1S/C26H23N3O2/c30-26(31-13-7-6-10-19-15-27-24-12-5-4-11-21(19)24)20-14-22-23(17-29-25(22)28-16-20)18-8-2-1-3-9-18/h1-5,8-9,11-12,14-17,27H,6-7,10,13H2,(H,28,29). The van der Waals surface area contributed by atoms with Crippen LogP contribution in [0.1, 0.15) is 28.8 Å². The first-order valence-electron chi connectivity index (χ1n) is 10.5. The van der Waals surface area contributed by atoms with Crippen LogP contribution in [0.25, 0.3) is 33.1 Å². The van der Waals surface area contributed by atoms with E-state index in [-0.39, 0.29) is 5.97 Å². The summed E-state index contributed by atoms with van der Waals surface area (Å²) in [5, 5.41) is 2.18. The second-order valence-corrected chi connectivity index (χ2v) is 7.64. The minimum absolute atomic E-state index is 0.332.